The minimum absolute atomic E-state index is 0.0785. The first-order valence-corrected chi connectivity index (χ1v) is 11.4. The highest BCUT2D eigenvalue weighted by Gasteiger charge is 2.37. The van der Waals surface area contributed by atoms with Crippen molar-refractivity contribution in [2.24, 2.45) is 5.92 Å². The molecule has 2 saturated heterocycles. The van der Waals surface area contributed by atoms with E-state index in [1.165, 1.54) is 12.0 Å². The molecule has 1 unspecified atom stereocenters. The summed E-state index contributed by atoms with van der Waals surface area (Å²) in [6.07, 6.45) is 6.55. The number of hydrogen-bond acceptors (Lipinski definition) is 2. The van der Waals surface area contributed by atoms with Crippen LogP contribution < -0.4 is 0 Å². The third kappa shape index (κ3) is 5.10. The molecular weight excluding hydrogens is 372 g/mol. The van der Waals surface area contributed by atoms with Crippen LogP contribution in [0.5, 0.6) is 0 Å². The van der Waals surface area contributed by atoms with Gasteiger partial charge in [-0.15, -0.1) is 0 Å². The van der Waals surface area contributed by atoms with Crippen molar-refractivity contribution in [1.29, 1.82) is 0 Å². The first-order valence-electron chi connectivity index (χ1n) is 11.4. The normalized spacial score (nSPS) is 19.8. The van der Waals surface area contributed by atoms with Gasteiger partial charge in [-0.2, -0.15) is 0 Å². The van der Waals surface area contributed by atoms with Crippen LogP contribution in [0.3, 0.4) is 0 Å². The summed E-state index contributed by atoms with van der Waals surface area (Å²) < 4.78 is 0. The van der Waals surface area contributed by atoms with Crippen LogP contribution in [0.25, 0.3) is 0 Å². The lowest BCUT2D eigenvalue weighted by Gasteiger charge is -2.35. The Bertz CT molecular complexity index is 829. The number of nitrogens with zero attached hydrogens (tertiary/aromatic N) is 2. The molecule has 2 heterocycles. The summed E-state index contributed by atoms with van der Waals surface area (Å²) in [5.41, 5.74) is 2.41. The summed E-state index contributed by atoms with van der Waals surface area (Å²) in [4.78, 5) is 29.9. The average Bonchev–Trinajstić information content (AvgIpc) is 3.29. The van der Waals surface area contributed by atoms with Crippen LogP contribution in [0.4, 0.5) is 0 Å². The zero-order valence-corrected chi connectivity index (χ0v) is 17.7. The van der Waals surface area contributed by atoms with Gasteiger partial charge in [-0.05, 0) is 55.6 Å². The summed E-state index contributed by atoms with van der Waals surface area (Å²) in [5, 5.41) is 0. The monoisotopic (exact) mass is 404 g/mol. The Kier molecular flexibility index (Phi) is 6.83. The molecule has 0 aromatic heterocycles. The fourth-order valence-corrected chi connectivity index (χ4v) is 4.86. The maximum atomic E-state index is 13.2. The van der Waals surface area contributed by atoms with Crippen molar-refractivity contribution in [1.82, 2.24) is 9.80 Å². The lowest BCUT2D eigenvalue weighted by Crippen LogP contribution is -2.50. The summed E-state index contributed by atoms with van der Waals surface area (Å²) in [7, 11) is 0. The highest BCUT2D eigenvalue weighted by atomic mass is 16.2. The Labute approximate surface area is 179 Å². The number of benzene rings is 2. The van der Waals surface area contributed by atoms with Gasteiger partial charge in [0.05, 0.1) is 6.42 Å². The van der Waals surface area contributed by atoms with Crippen LogP contribution >= 0.6 is 0 Å². The number of hydrogen-bond donors (Lipinski definition) is 0. The lowest BCUT2D eigenvalue weighted by atomic mass is 9.90. The smallest absolute Gasteiger partial charge is 0.245 e. The molecule has 0 N–H and O–H groups in total. The molecule has 2 amide bonds. The van der Waals surface area contributed by atoms with Gasteiger partial charge in [0.25, 0.3) is 0 Å². The second-order valence-corrected chi connectivity index (χ2v) is 8.70. The first-order chi connectivity index (χ1) is 14.7. The number of amides is 2. The van der Waals surface area contributed by atoms with E-state index in [1.807, 2.05) is 40.1 Å². The Morgan fingerprint density at radius 2 is 1.43 bits per heavy atom. The molecule has 0 aliphatic carbocycles. The zero-order valence-electron chi connectivity index (χ0n) is 17.7. The van der Waals surface area contributed by atoms with Crippen LogP contribution in [0.1, 0.15) is 43.2 Å². The summed E-state index contributed by atoms with van der Waals surface area (Å²) in [6.45, 7) is 2.36. The van der Waals surface area contributed by atoms with Crippen molar-refractivity contribution in [3.05, 3.63) is 71.8 Å². The van der Waals surface area contributed by atoms with E-state index in [4.69, 9.17) is 0 Å². The van der Waals surface area contributed by atoms with E-state index in [0.717, 1.165) is 50.8 Å². The summed E-state index contributed by atoms with van der Waals surface area (Å²) in [6, 6.07) is 20.2. The van der Waals surface area contributed by atoms with E-state index in [2.05, 4.69) is 30.3 Å². The molecule has 4 nitrogen and oxygen atoms in total. The number of rotatable bonds is 6. The molecule has 2 aliphatic rings. The first kappa shape index (κ1) is 20.6. The Hall–Kier alpha value is -2.62. The number of carbonyl (C=O) groups excluding carboxylic acids is 2. The number of piperidine rings is 1. The van der Waals surface area contributed by atoms with Gasteiger partial charge in [0.15, 0.2) is 0 Å². The van der Waals surface area contributed by atoms with Crippen molar-refractivity contribution in [2.75, 3.05) is 19.6 Å². The molecule has 0 bridgehead atoms. The van der Waals surface area contributed by atoms with Gasteiger partial charge in [0, 0.05) is 19.6 Å². The highest BCUT2D eigenvalue weighted by molar-refractivity contribution is 5.89. The minimum atomic E-state index is -0.262. The van der Waals surface area contributed by atoms with Gasteiger partial charge in [0.2, 0.25) is 11.8 Å². The number of likely N-dealkylation sites (tertiary alicyclic amines) is 2. The molecule has 2 aromatic rings. The molecule has 30 heavy (non-hydrogen) atoms. The number of carbonyl (C=O) groups is 2. The fraction of sp³-hybridized carbons (Fsp3) is 0.462. The maximum absolute atomic E-state index is 13.2. The summed E-state index contributed by atoms with van der Waals surface area (Å²) in [5.74, 6) is 0.930. The molecule has 0 saturated carbocycles. The molecule has 0 spiro atoms. The van der Waals surface area contributed by atoms with Crippen LogP contribution in [0.15, 0.2) is 60.7 Å². The van der Waals surface area contributed by atoms with Gasteiger partial charge in [-0.3, -0.25) is 9.59 Å². The van der Waals surface area contributed by atoms with E-state index in [9.17, 15) is 9.59 Å². The SMILES string of the molecule is O=C(C1CCCN1C(=O)Cc1ccccc1)N1CCC(CCc2ccccc2)CC1. The van der Waals surface area contributed by atoms with Gasteiger partial charge >= 0.3 is 0 Å². The predicted molar refractivity (Wildman–Crippen MR) is 119 cm³/mol. The topological polar surface area (TPSA) is 40.6 Å². The van der Waals surface area contributed by atoms with Gasteiger partial charge in [-0.25, -0.2) is 0 Å². The van der Waals surface area contributed by atoms with Crippen molar-refractivity contribution >= 4 is 11.8 Å². The van der Waals surface area contributed by atoms with Crippen molar-refractivity contribution in [3.63, 3.8) is 0 Å². The lowest BCUT2D eigenvalue weighted by molar-refractivity contribution is -0.144. The standard InChI is InChI=1S/C26H32N2O2/c29-25(20-23-10-5-2-6-11-23)28-17-7-12-24(28)26(30)27-18-15-22(16-19-27)14-13-21-8-3-1-4-9-21/h1-6,8-11,22,24H,7,12-20H2. The third-order valence-corrected chi connectivity index (χ3v) is 6.67. The third-order valence-electron chi connectivity index (χ3n) is 6.67. The molecule has 4 rings (SSSR count). The summed E-state index contributed by atoms with van der Waals surface area (Å²) >= 11 is 0. The highest BCUT2D eigenvalue weighted by Crippen LogP contribution is 2.26. The zero-order chi connectivity index (χ0) is 20.8. The quantitative estimate of drug-likeness (QED) is 0.728. The van der Waals surface area contributed by atoms with E-state index >= 15 is 0 Å². The van der Waals surface area contributed by atoms with Gasteiger partial charge < -0.3 is 9.80 Å². The second-order valence-electron chi connectivity index (χ2n) is 8.70. The van der Waals surface area contributed by atoms with Crippen LogP contribution in [-0.2, 0) is 22.4 Å². The molecule has 1 atom stereocenters. The molecule has 158 valence electrons. The maximum Gasteiger partial charge on any atom is 0.245 e. The van der Waals surface area contributed by atoms with Crippen LogP contribution in [0, 0.1) is 5.92 Å². The van der Waals surface area contributed by atoms with Crippen molar-refractivity contribution in [3.8, 4) is 0 Å². The molecule has 2 aliphatic heterocycles. The predicted octanol–water partition coefficient (Wildman–Crippen LogP) is 4.09. The van der Waals surface area contributed by atoms with Gasteiger partial charge in [0.1, 0.15) is 6.04 Å². The Morgan fingerprint density at radius 3 is 2.10 bits per heavy atom. The van der Waals surface area contributed by atoms with E-state index in [-0.39, 0.29) is 17.9 Å². The molecule has 2 fully saturated rings. The molecular formula is C26H32N2O2. The Morgan fingerprint density at radius 1 is 0.800 bits per heavy atom. The fourth-order valence-electron chi connectivity index (χ4n) is 4.86. The minimum Gasteiger partial charge on any atom is -0.341 e. The molecule has 0 radical (unpaired) electrons. The van der Waals surface area contributed by atoms with Gasteiger partial charge in [-0.1, -0.05) is 60.7 Å². The molecule has 4 heteroatoms. The second kappa shape index (κ2) is 9.92. The van der Waals surface area contributed by atoms with Crippen molar-refractivity contribution < 1.29 is 9.59 Å². The van der Waals surface area contributed by atoms with E-state index in [1.54, 1.807) is 0 Å². The Balaban J connectivity index is 1.27. The van der Waals surface area contributed by atoms with E-state index in [0.29, 0.717) is 18.9 Å². The van der Waals surface area contributed by atoms with Crippen LogP contribution in [-0.4, -0.2) is 47.3 Å². The van der Waals surface area contributed by atoms with Crippen molar-refractivity contribution in [2.45, 2.75) is 51.0 Å². The molecule has 2 aromatic carbocycles. The van der Waals surface area contributed by atoms with E-state index < -0.39 is 0 Å². The largest absolute Gasteiger partial charge is 0.341 e. The van der Waals surface area contributed by atoms with Crippen LogP contribution in [0.2, 0.25) is 0 Å². The number of aryl methyl sites for hydroxylation is 1. The average molecular weight is 405 g/mol.